The van der Waals surface area contributed by atoms with E-state index < -0.39 is 6.09 Å². The second kappa shape index (κ2) is 6.61. The van der Waals surface area contributed by atoms with Gasteiger partial charge in [-0.1, -0.05) is 6.07 Å². The molecule has 0 spiro atoms. The summed E-state index contributed by atoms with van der Waals surface area (Å²) in [6, 6.07) is 5.00. The van der Waals surface area contributed by atoms with Crippen LogP contribution in [0.1, 0.15) is 15.9 Å². The maximum Gasteiger partial charge on any atom is 0.411 e. The minimum absolute atomic E-state index is 0.0694. The van der Waals surface area contributed by atoms with Crippen molar-refractivity contribution in [1.82, 2.24) is 5.32 Å². The first kappa shape index (κ1) is 14.0. The van der Waals surface area contributed by atoms with E-state index in [-0.39, 0.29) is 19.1 Å². The van der Waals surface area contributed by atoms with Gasteiger partial charge >= 0.3 is 6.09 Å². The van der Waals surface area contributed by atoms with Crippen LogP contribution in [-0.4, -0.2) is 37.4 Å². The fourth-order valence-electron chi connectivity index (χ4n) is 1.44. The number of carbonyl (C=O) groups excluding carboxylic acids is 2. The van der Waals surface area contributed by atoms with Gasteiger partial charge in [-0.25, -0.2) is 4.79 Å². The van der Waals surface area contributed by atoms with E-state index in [4.69, 9.17) is 5.11 Å². The second-order valence-corrected chi connectivity index (χ2v) is 3.54. The summed E-state index contributed by atoms with van der Waals surface area (Å²) in [5.74, 6) is -0.222. The molecule has 6 heteroatoms. The zero-order valence-electron chi connectivity index (χ0n) is 10.3. The highest BCUT2D eigenvalue weighted by Crippen LogP contribution is 2.19. The zero-order chi connectivity index (χ0) is 13.5. The highest BCUT2D eigenvalue weighted by Gasteiger charge is 2.12. The Labute approximate surface area is 105 Å². The van der Waals surface area contributed by atoms with Crippen molar-refractivity contribution in [2.45, 2.75) is 6.92 Å². The maximum atomic E-state index is 11.6. The lowest BCUT2D eigenvalue weighted by atomic mass is 10.1. The Balaban J connectivity index is 2.84. The molecule has 0 aliphatic heterocycles. The molecule has 0 unspecified atom stereocenters. The number of aliphatic hydroxyl groups is 1. The molecule has 3 N–H and O–H groups in total. The van der Waals surface area contributed by atoms with Crippen molar-refractivity contribution >= 4 is 17.7 Å². The average Bonchev–Trinajstić information content (AvgIpc) is 2.38. The van der Waals surface area contributed by atoms with Gasteiger partial charge in [0.2, 0.25) is 0 Å². The molecule has 1 aromatic rings. The molecule has 6 nitrogen and oxygen atoms in total. The smallest absolute Gasteiger partial charge is 0.411 e. The number of carbonyl (C=O) groups is 2. The first-order chi connectivity index (χ1) is 8.60. The molecule has 1 rings (SSSR count). The Bertz CT molecular complexity index is 446. The van der Waals surface area contributed by atoms with Gasteiger partial charge in [0.15, 0.2) is 0 Å². The summed E-state index contributed by atoms with van der Waals surface area (Å²) in [6.07, 6.45) is -0.666. The summed E-state index contributed by atoms with van der Waals surface area (Å²) < 4.78 is 4.68. The molecule has 1 aromatic carbocycles. The van der Waals surface area contributed by atoms with Gasteiger partial charge in [0.05, 0.1) is 6.61 Å². The molecule has 0 aromatic heterocycles. The summed E-state index contributed by atoms with van der Waals surface area (Å²) in [5.41, 5.74) is 1.63. The van der Waals surface area contributed by atoms with Crippen LogP contribution in [0.4, 0.5) is 10.5 Å². The SMILES string of the molecule is CNC(=O)c1cccc(NC(=O)OCCO)c1C. The number of hydrogen-bond acceptors (Lipinski definition) is 4. The van der Waals surface area contributed by atoms with E-state index in [1.807, 2.05) is 0 Å². The molecule has 0 atom stereocenters. The van der Waals surface area contributed by atoms with Crippen LogP contribution in [0.5, 0.6) is 0 Å². The van der Waals surface area contributed by atoms with E-state index in [2.05, 4.69) is 15.4 Å². The van der Waals surface area contributed by atoms with E-state index in [1.54, 1.807) is 25.1 Å². The highest BCUT2D eigenvalue weighted by atomic mass is 16.6. The molecule has 18 heavy (non-hydrogen) atoms. The van der Waals surface area contributed by atoms with Crippen molar-refractivity contribution in [3.8, 4) is 0 Å². The monoisotopic (exact) mass is 252 g/mol. The van der Waals surface area contributed by atoms with E-state index in [0.717, 1.165) is 0 Å². The summed E-state index contributed by atoms with van der Waals surface area (Å²) in [7, 11) is 1.54. The standard InChI is InChI=1S/C12H16N2O4/c1-8-9(11(16)13-2)4-3-5-10(8)14-12(17)18-7-6-15/h3-5,15H,6-7H2,1-2H3,(H,13,16)(H,14,17). The Hall–Kier alpha value is -2.08. The van der Waals surface area contributed by atoms with Crippen molar-refractivity contribution in [3.05, 3.63) is 29.3 Å². The molecule has 0 fully saturated rings. The molecule has 0 radical (unpaired) electrons. The number of anilines is 1. The maximum absolute atomic E-state index is 11.6. The molecule has 0 heterocycles. The lowest BCUT2D eigenvalue weighted by Crippen LogP contribution is -2.21. The fourth-order valence-corrected chi connectivity index (χ4v) is 1.44. The first-order valence-corrected chi connectivity index (χ1v) is 5.46. The van der Waals surface area contributed by atoms with Crippen LogP contribution in [-0.2, 0) is 4.74 Å². The van der Waals surface area contributed by atoms with Gasteiger partial charge in [-0.3, -0.25) is 10.1 Å². The van der Waals surface area contributed by atoms with Gasteiger partial charge in [-0.05, 0) is 24.6 Å². The van der Waals surface area contributed by atoms with E-state index in [1.165, 1.54) is 7.05 Å². The van der Waals surface area contributed by atoms with Crippen LogP contribution in [0.3, 0.4) is 0 Å². The van der Waals surface area contributed by atoms with Crippen LogP contribution in [0, 0.1) is 6.92 Å². The van der Waals surface area contributed by atoms with Crippen molar-refractivity contribution in [2.24, 2.45) is 0 Å². The van der Waals surface area contributed by atoms with Gasteiger partial charge < -0.3 is 15.2 Å². The average molecular weight is 252 g/mol. The molecular weight excluding hydrogens is 236 g/mol. The number of rotatable bonds is 4. The van der Waals surface area contributed by atoms with Gasteiger partial charge in [0.25, 0.3) is 5.91 Å². The lowest BCUT2D eigenvalue weighted by Gasteiger charge is -2.11. The number of ether oxygens (including phenoxy) is 1. The molecule has 0 saturated carbocycles. The summed E-state index contributed by atoms with van der Waals surface area (Å²) in [5, 5.41) is 13.6. The van der Waals surface area contributed by atoms with Crippen molar-refractivity contribution in [3.63, 3.8) is 0 Å². The predicted octanol–water partition coefficient (Wildman–Crippen LogP) is 0.895. The quantitative estimate of drug-likeness (QED) is 0.742. The Kier molecular flexibility index (Phi) is 5.13. The van der Waals surface area contributed by atoms with Crippen LogP contribution >= 0.6 is 0 Å². The Morgan fingerprint density at radius 1 is 1.39 bits per heavy atom. The molecule has 2 amide bonds. The van der Waals surface area contributed by atoms with Gasteiger partial charge in [0, 0.05) is 18.3 Å². The molecule has 0 saturated heterocycles. The van der Waals surface area contributed by atoms with Crippen molar-refractivity contribution < 1.29 is 19.4 Å². The third kappa shape index (κ3) is 3.46. The Morgan fingerprint density at radius 3 is 2.72 bits per heavy atom. The normalized spacial score (nSPS) is 9.72. The molecular formula is C12H16N2O4. The van der Waals surface area contributed by atoms with E-state index >= 15 is 0 Å². The molecule has 0 aliphatic rings. The minimum Gasteiger partial charge on any atom is -0.447 e. The topological polar surface area (TPSA) is 87.7 Å². The fraction of sp³-hybridized carbons (Fsp3) is 0.333. The number of amides is 2. The highest BCUT2D eigenvalue weighted by molar-refractivity contribution is 5.98. The van der Waals surface area contributed by atoms with Crippen LogP contribution in [0.25, 0.3) is 0 Å². The van der Waals surface area contributed by atoms with Crippen LogP contribution < -0.4 is 10.6 Å². The summed E-state index contributed by atoms with van der Waals surface area (Å²) in [6.45, 7) is 1.43. The van der Waals surface area contributed by atoms with Crippen LogP contribution in [0.2, 0.25) is 0 Å². The zero-order valence-corrected chi connectivity index (χ0v) is 10.3. The number of aliphatic hydroxyl groups excluding tert-OH is 1. The molecule has 98 valence electrons. The summed E-state index contributed by atoms with van der Waals surface area (Å²) in [4.78, 5) is 22.9. The Morgan fingerprint density at radius 2 is 2.11 bits per heavy atom. The van der Waals surface area contributed by atoms with Crippen molar-refractivity contribution in [2.75, 3.05) is 25.6 Å². The number of nitrogens with one attached hydrogen (secondary N) is 2. The lowest BCUT2D eigenvalue weighted by molar-refractivity contribution is 0.0962. The van der Waals surface area contributed by atoms with Crippen LogP contribution in [0.15, 0.2) is 18.2 Å². The summed E-state index contributed by atoms with van der Waals surface area (Å²) >= 11 is 0. The minimum atomic E-state index is -0.666. The number of benzene rings is 1. The third-order valence-corrected chi connectivity index (χ3v) is 2.37. The molecule has 0 aliphatic carbocycles. The third-order valence-electron chi connectivity index (χ3n) is 2.37. The van der Waals surface area contributed by atoms with Gasteiger partial charge in [0.1, 0.15) is 6.61 Å². The molecule has 0 bridgehead atoms. The predicted molar refractivity (Wildman–Crippen MR) is 66.6 cm³/mol. The van der Waals surface area contributed by atoms with E-state index in [9.17, 15) is 9.59 Å². The van der Waals surface area contributed by atoms with E-state index in [0.29, 0.717) is 16.8 Å². The first-order valence-electron chi connectivity index (χ1n) is 5.46. The van der Waals surface area contributed by atoms with Gasteiger partial charge in [-0.2, -0.15) is 0 Å². The largest absolute Gasteiger partial charge is 0.447 e. The van der Waals surface area contributed by atoms with Gasteiger partial charge in [-0.15, -0.1) is 0 Å². The second-order valence-electron chi connectivity index (χ2n) is 3.54. The van der Waals surface area contributed by atoms with Crippen molar-refractivity contribution in [1.29, 1.82) is 0 Å². The number of hydrogen-bond donors (Lipinski definition) is 3.